The maximum absolute atomic E-state index is 14.6. The molecule has 1 heterocycles. The SMILES string of the molecule is O=C(C1=C(c2ccccc2)ON(c2ccccc2)C12c1ccccc1-c1ccccc12)c1ccccc1. The summed E-state index contributed by atoms with van der Waals surface area (Å²) in [7, 11) is 0. The molecule has 1 spiro atoms. The highest BCUT2D eigenvalue weighted by molar-refractivity contribution is 6.17. The molecule has 0 aromatic heterocycles. The average Bonchev–Trinajstić information content (AvgIpc) is 3.49. The summed E-state index contributed by atoms with van der Waals surface area (Å²) in [5.74, 6) is 0.522. The number of carbonyl (C=O) groups excluding carboxylic acids is 1. The van der Waals surface area contributed by atoms with Crippen LogP contribution >= 0.6 is 0 Å². The van der Waals surface area contributed by atoms with Crippen molar-refractivity contribution in [2.45, 2.75) is 5.54 Å². The first-order chi connectivity index (χ1) is 18.3. The Kier molecular flexibility index (Phi) is 4.83. The Hall–Kier alpha value is -4.89. The Balaban J connectivity index is 1.63. The summed E-state index contributed by atoms with van der Waals surface area (Å²) in [4.78, 5) is 21.5. The van der Waals surface area contributed by atoms with Gasteiger partial charge in [-0.05, 0) is 34.4 Å². The number of fused-ring (bicyclic) bond motifs is 5. The smallest absolute Gasteiger partial charge is 0.196 e. The summed E-state index contributed by atoms with van der Waals surface area (Å²) in [6.45, 7) is 0. The highest BCUT2D eigenvalue weighted by Crippen LogP contribution is 2.60. The molecular formula is C34H23NO2. The third-order valence-electron chi connectivity index (χ3n) is 7.29. The minimum Gasteiger partial charge on any atom is -0.377 e. The van der Waals surface area contributed by atoms with Crippen molar-refractivity contribution in [2.75, 3.05) is 5.06 Å². The van der Waals surface area contributed by atoms with E-state index in [0.29, 0.717) is 16.9 Å². The van der Waals surface area contributed by atoms with Gasteiger partial charge in [0.1, 0.15) is 0 Å². The van der Waals surface area contributed by atoms with Crippen molar-refractivity contribution in [1.29, 1.82) is 0 Å². The number of Topliss-reactive ketones (excluding diaryl/α,β-unsaturated/α-hetero) is 1. The van der Waals surface area contributed by atoms with Gasteiger partial charge in [-0.2, -0.15) is 5.06 Å². The second-order valence-corrected chi connectivity index (χ2v) is 9.29. The number of rotatable bonds is 4. The lowest BCUT2D eigenvalue weighted by molar-refractivity contribution is 0.102. The molecule has 0 saturated heterocycles. The molecule has 0 fully saturated rings. The van der Waals surface area contributed by atoms with Crippen LogP contribution < -0.4 is 5.06 Å². The number of hydrogen-bond donors (Lipinski definition) is 0. The fraction of sp³-hybridized carbons (Fsp3) is 0.0294. The van der Waals surface area contributed by atoms with Crippen LogP contribution in [-0.2, 0) is 10.4 Å². The second-order valence-electron chi connectivity index (χ2n) is 9.29. The lowest BCUT2D eigenvalue weighted by atomic mass is 9.76. The zero-order valence-corrected chi connectivity index (χ0v) is 20.0. The topological polar surface area (TPSA) is 29.5 Å². The van der Waals surface area contributed by atoms with Crippen molar-refractivity contribution in [3.8, 4) is 11.1 Å². The summed E-state index contributed by atoms with van der Waals surface area (Å²) in [5.41, 5.74) is 6.30. The van der Waals surface area contributed by atoms with Gasteiger partial charge in [-0.15, -0.1) is 0 Å². The van der Waals surface area contributed by atoms with Crippen LogP contribution in [0.4, 0.5) is 5.69 Å². The van der Waals surface area contributed by atoms with Crippen LogP contribution in [0.3, 0.4) is 0 Å². The number of benzene rings is 5. The van der Waals surface area contributed by atoms with Gasteiger partial charge >= 0.3 is 0 Å². The predicted molar refractivity (Wildman–Crippen MR) is 147 cm³/mol. The summed E-state index contributed by atoms with van der Waals surface area (Å²) >= 11 is 0. The normalized spacial score (nSPS) is 14.9. The molecule has 3 heteroatoms. The molecule has 2 aliphatic rings. The first-order valence-electron chi connectivity index (χ1n) is 12.4. The quantitative estimate of drug-likeness (QED) is 0.249. The van der Waals surface area contributed by atoms with Crippen LogP contribution in [0.5, 0.6) is 0 Å². The van der Waals surface area contributed by atoms with Gasteiger partial charge in [0, 0.05) is 11.1 Å². The van der Waals surface area contributed by atoms with Crippen LogP contribution in [0.2, 0.25) is 0 Å². The number of nitrogens with zero attached hydrogens (tertiary/aromatic N) is 1. The molecule has 0 bridgehead atoms. The fourth-order valence-electron chi connectivity index (χ4n) is 5.77. The Morgan fingerprint density at radius 3 is 1.65 bits per heavy atom. The molecule has 5 aromatic carbocycles. The van der Waals surface area contributed by atoms with Gasteiger partial charge in [-0.25, -0.2) is 0 Å². The van der Waals surface area contributed by atoms with E-state index >= 15 is 0 Å². The highest BCUT2D eigenvalue weighted by Gasteiger charge is 2.59. The largest absolute Gasteiger partial charge is 0.377 e. The van der Waals surface area contributed by atoms with E-state index < -0.39 is 5.54 Å². The third-order valence-corrected chi connectivity index (χ3v) is 7.29. The molecule has 0 saturated carbocycles. The molecule has 0 N–H and O–H groups in total. The summed E-state index contributed by atoms with van der Waals surface area (Å²) in [5, 5.41) is 1.94. The Morgan fingerprint density at radius 2 is 1.05 bits per heavy atom. The third kappa shape index (κ3) is 3.04. The van der Waals surface area contributed by atoms with E-state index in [1.807, 2.05) is 108 Å². The molecule has 1 aliphatic carbocycles. The minimum atomic E-state index is -0.966. The molecule has 0 amide bonds. The van der Waals surface area contributed by atoms with Crippen molar-refractivity contribution in [2.24, 2.45) is 0 Å². The van der Waals surface area contributed by atoms with E-state index in [1.165, 1.54) is 0 Å². The summed E-state index contributed by atoms with van der Waals surface area (Å²) in [6, 6.07) is 46.2. The van der Waals surface area contributed by atoms with Crippen LogP contribution in [0, 0.1) is 0 Å². The summed E-state index contributed by atoms with van der Waals surface area (Å²) in [6.07, 6.45) is 0. The lowest BCUT2D eigenvalue weighted by Crippen LogP contribution is -2.44. The van der Waals surface area contributed by atoms with Crippen LogP contribution in [0.1, 0.15) is 27.0 Å². The highest BCUT2D eigenvalue weighted by atomic mass is 16.7. The number of carbonyl (C=O) groups is 1. The number of anilines is 1. The van der Waals surface area contributed by atoms with E-state index in [9.17, 15) is 4.79 Å². The molecule has 0 atom stereocenters. The van der Waals surface area contributed by atoms with Crippen molar-refractivity contribution in [3.05, 3.63) is 167 Å². The average molecular weight is 478 g/mol. The molecule has 0 radical (unpaired) electrons. The number of hydroxylamine groups is 1. The Labute approximate surface area is 215 Å². The van der Waals surface area contributed by atoms with Gasteiger partial charge in [-0.3, -0.25) is 4.79 Å². The first-order valence-corrected chi connectivity index (χ1v) is 12.4. The van der Waals surface area contributed by atoms with E-state index in [-0.39, 0.29) is 5.78 Å². The first kappa shape index (κ1) is 21.4. The van der Waals surface area contributed by atoms with Crippen LogP contribution in [-0.4, -0.2) is 5.78 Å². The van der Waals surface area contributed by atoms with E-state index in [4.69, 9.17) is 4.84 Å². The number of ketones is 1. The molecule has 37 heavy (non-hydrogen) atoms. The van der Waals surface area contributed by atoms with E-state index in [2.05, 4.69) is 36.4 Å². The number of para-hydroxylation sites is 1. The van der Waals surface area contributed by atoms with Crippen molar-refractivity contribution < 1.29 is 9.63 Å². The Morgan fingerprint density at radius 1 is 0.568 bits per heavy atom. The van der Waals surface area contributed by atoms with Crippen LogP contribution in [0.15, 0.2) is 145 Å². The lowest BCUT2D eigenvalue weighted by Gasteiger charge is -2.37. The molecule has 0 unspecified atom stereocenters. The molecular weight excluding hydrogens is 454 g/mol. The molecule has 1 aliphatic heterocycles. The Bertz CT molecular complexity index is 1610. The molecule has 3 nitrogen and oxygen atoms in total. The van der Waals surface area contributed by atoms with E-state index in [1.54, 1.807) is 0 Å². The minimum absolute atomic E-state index is 0.0515. The predicted octanol–water partition coefficient (Wildman–Crippen LogP) is 7.66. The molecule has 176 valence electrons. The van der Waals surface area contributed by atoms with Gasteiger partial charge in [0.05, 0.1) is 11.3 Å². The monoisotopic (exact) mass is 477 g/mol. The zero-order chi connectivity index (χ0) is 24.8. The zero-order valence-electron chi connectivity index (χ0n) is 20.0. The van der Waals surface area contributed by atoms with Gasteiger partial charge in [0.25, 0.3) is 0 Å². The maximum Gasteiger partial charge on any atom is 0.196 e. The summed E-state index contributed by atoms with van der Waals surface area (Å²) < 4.78 is 0. The van der Waals surface area contributed by atoms with Gasteiger partial charge in [-0.1, -0.05) is 127 Å². The fourth-order valence-corrected chi connectivity index (χ4v) is 5.77. The van der Waals surface area contributed by atoms with Crippen LogP contribution in [0.25, 0.3) is 16.9 Å². The van der Waals surface area contributed by atoms with E-state index in [0.717, 1.165) is 33.5 Å². The molecule has 5 aromatic rings. The van der Waals surface area contributed by atoms with Crippen molar-refractivity contribution >= 4 is 17.2 Å². The van der Waals surface area contributed by atoms with Gasteiger partial charge < -0.3 is 4.84 Å². The molecule has 7 rings (SSSR count). The van der Waals surface area contributed by atoms with Crippen molar-refractivity contribution in [1.82, 2.24) is 0 Å². The number of hydrogen-bond acceptors (Lipinski definition) is 3. The van der Waals surface area contributed by atoms with Crippen molar-refractivity contribution in [3.63, 3.8) is 0 Å². The van der Waals surface area contributed by atoms with Gasteiger partial charge in [0.15, 0.2) is 17.1 Å². The van der Waals surface area contributed by atoms with Gasteiger partial charge in [0.2, 0.25) is 0 Å². The maximum atomic E-state index is 14.6. The standard InChI is InChI=1S/C34H23NO2/c36-32(24-14-4-1-5-15-24)31-33(25-16-6-2-7-17-25)37-35(26-18-8-3-9-19-26)34(31)29-22-12-10-20-27(29)28-21-11-13-23-30(28)34/h1-23H. The second kappa shape index (κ2) is 8.35.